The van der Waals surface area contributed by atoms with Gasteiger partial charge < -0.3 is 9.88 Å². The molecule has 5 rings (SSSR count). The van der Waals surface area contributed by atoms with Crippen LogP contribution in [0.25, 0.3) is 22.2 Å². The zero-order valence-corrected chi connectivity index (χ0v) is 14.5. The molecule has 0 fully saturated rings. The second-order valence-corrected chi connectivity index (χ2v) is 6.54. The first-order valence-corrected chi connectivity index (χ1v) is 8.84. The Bertz CT molecular complexity index is 1130. The van der Waals surface area contributed by atoms with Crippen molar-refractivity contribution in [2.75, 3.05) is 18.0 Å². The van der Waals surface area contributed by atoms with Gasteiger partial charge in [-0.3, -0.25) is 0 Å². The van der Waals surface area contributed by atoms with Gasteiger partial charge in [0.25, 0.3) is 5.95 Å². The molecule has 0 saturated carbocycles. The SMILES string of the molecule is Fc1ccc2c(C3=CCN(c4nnnn4-c4ccccc4)CC3)c[nH]c2c1. The van der Waals surface area contributed by atoms with Gasteiger partial charge in [0, 0.05) is 35.8 Å². The molecule has 27 heavy (non-hydrogen) atoms. The Kier molecular flexibility index (Phi) is 3.71. The minimum absolute atomic E-state index is 0.229. The molecule has 0 amide bonds. The van der Waals surface area contributed by atoms with Crippen molar-refractivity contribution in [3.05, 3.63) is 72.2 Å². The lowest BCUT2D eigenvalue weighted by Crippen LogP contribution is -2.30. The molecule has 6 nitrogen and oxygen atoms in total. The second kappa shape index (κ2) is 6.35. The number of aromatic nitrogens is 5. The number of halogens is 1. The lowest BCUT2D eigenvalue weighted by atomic mass is 9.99. The monoisotopic (exact) mass is 360 g/mol. The van der Waals surface area contributed by atoms with Crippen molar-refractivity contribution in [1.82, 2.24) is 25.2 Å². The highest BCUT2D eigenvalue weighted by Crippen LogP contribution is 2.30. The molecule has 0 radical (unpaired) electrons. The van der Waals surface area contributed by atoms with Crippen molar-refractivity contribution >= 4 is 22.4 Å². The minimum atomic E-state index is -0.229. The number of nitrogens with one attached hydrogen (secondary N) is 1. The number of hydrogen-bond acceptors (Lipinski definition) is 4. The maximum atomic E-state index is 13.4. The Labute approximate surface area is 154 Å². The fourth-order valence-corrected chi connectivity index (χ4v) is 3.58. The highest BCUT2D eigenvalue weighted by Gasteiger charge is 2.20. The van der Waals surface area contributed by atoms with E-state index in [9.17, 15) is 4.39 Å². The third-order valence-electron chi connectivity index (χ3n) is 4.94. The zero-order chi connectivity index (χ0) is 18.2. The van der Waals surface area contributed by atoms with Gasteiger partial charge in [0.1, 0.15) is 5.82 Å². The summed E-state index contributed by atoms with van der Waals surface area (Å²) in [4.78, 5) is 5.32. The molecule has 4 aromatic rings. The van der Waals surface area contributed by atoms with Gasteiger partial charge in [-0.2, -0.15) is 4.68 Å². The summed E-state index contributed by atoms with van der Waals surface area (Å²) >= 11 is 0. The normalized spacial score (nSPS) is 14.6. The standard InChI is InChI=1S/C20H17FN6/c21-15-6-7-17-18(13-22-19(17)12-15)14-8-10-26(11-9-14)20-23-24-25-27(20)16-4-2-1-3-5-16/h1-8,12-13,22H,9-11H2. The van der Waals surface area contributed by atoms with Crippen LogP contribution in [0, 0.1) is 5.82 Å². The van der Waals surface area contributed by atoms with Crippen LogP contribution in [0.3, 0.4) is 0 Å². The number of rotatable bonds is 3. The van der Waals surface area contributed by atoms with Crippen molar-refractivity contribution < 1.29 is 4.39 Å². The van der Waals surface area contributed by atoms with Crippen LogP contribution in [0.5, 0.6) is 0 Å². The van der Waals surface area contributed by atoms with Crippen LogP contribution in [-0.2, 0) is 0 Å². The number of anilines is 1. The first-order chi connectivity index (χ1) is 13.3. The molecule has 134 valence electrons. The zero-order valence-electron chi connectivity index (χ0n) is 14.5. The van der Waals surface area contributed by atoms with Crippen molar-refractivity contribution in [1.29, 1.82) is 0 Å². The molecule has 1 N–H and O–H groups in total. The Morgan fingerprint density at radius 2 is 1.96 bits per heavy atom. The number of H-pyrrole nitrogens is 1. The van der Waals surface area contributed by atoms with Gasteiger partial charge in [0.2, 0.25) is 0 Å². The van der Waals surface area contributed by atoms with E-state index < -0.39 is 0 Å². The van der Waals surface area contributed by atoms with Gasteiger partial charge in [0.05, 0.1) is 5.69 Å². The fourth-order valence-electron chi connectivity index (χ4n) is 3.58. The number of hydrogen-bond donors (Lipinski definition) is 1. The maximum Gasteiger partial charge on any atom is 0.250 e. The number of aromatic amines is 1. The van der Waals surface area contributed by atoms with E-state index in [1.165, 1.54) is 17.7 Å². The van der Waals surface area contributed by atoms with Crippen LogP contribution in [0.1, 0.15) is 12.0 Å². The molecule has 2 aromatic carbocycles. The van der Waals surface area contributed by atoms with E-state index in [1.807, 2.05) is 42.6 Å². The fraction of sp³-hybridized carbons (Fsp3) is 0.150. The van der Waals surface area contributed by atoms with Crippen LogP contribution in [0.15, 0.2) is 60.8 Å². The average Bonchev–Trinajstić information content (AvgIpc) is 3.36. The summed E-state index contributed by atoms with van der Waals surface area (Å²) in [7, 11) is 0. The molecule has 7 heteroatoms. The molecule has 0 unspecified atom stereocenters. The van der Waals surface area contributed by atoms with Crippen LogP contribution in [0.2, 0.25) is 0 Å². The Balaban J connectivity index is 1.43. The topological polar surface area (TPSA) is 62.6 Å². The van der Waals surface area contributed by atoms with Crippen molar-refractivity contribution in [3.63, 3.8) is 0 Å². The molecular formula is C20H17FN6. The molecule has 0 bridgehead atoms. The largest absolute Gasteiger partial charge is 0.360 e. The Morgan fingerprint density at radius 1 is 1.07 bits per heavy atom. The van der Waals surface area contributed by atoms with Gasteiger partial charge >= 0.3 is 0 Å². The van der Waals surface area contributed by atoms with Crippen molar-refractivity contribution in [3.8, 4) is 5.69 Å². The van der Waals surface area contributed by atoms with Crippen LogP contribution in [-0.4, -0.2) is 38.3 Å². The van der Waals surface area contributed by atoms with E-state index in [2.05, 4.69) is 31.5 Å². The third kappa shape index (κ3) is 2.77. The van der Waals surface area contributed by atoms with Crippen molar-refractivity contribution in [2.45, 2.75) is 6.42 Å². The highest BCUT2D eigenvalue weighted by molar-refractivity contribution is 5.93. The quantitative estimate of drug-likeness (QED) is 0.607. The summed E-state index contributed by atoms with van der Waals surface area (Å²) in [5.41, 5.74) is 4.14. The number of benzene rings is 2. The lowest BCUT2D eigenvalue weighted by molar-refractivity contribution is 0.629. The number of fused-ring (bicyclic) bond motifs is 1. The summed E-state index contributed by atoms with van der Waals surface area (Å²) in [6, 6.07) is 14.7. The first-order valence-electron chi connectivity index (χ1n) is 8.84. The average molecular weight is 360 g/mol. The van der Waals surface area contributed by atoms with E-state index in [4.69, 9.17) is 0 Å². The van der Waals surface area contributed by atoms with Gasteiger partial charge in [-0.05, 0) is 52.8 Å². The summed E-state index contributed by atoms with van der Waals surface area (Å²) in [5, 5.41) is 13.2. The first kappa shape index (κ1) is 15.7. The van der Waals surface area contributed by atoms with E-state index in [1.54, 1.807) is 4.68 Å². The Hall–Kier alpha value is -3.48. The van der Waals surface area contributed by atoms with E-state index in [-0.39, 0.29) is 5.82 Å². The molecule has 0 aliphatic carbocycles. The van der Waals surface area contributed by atoms with E-state index in [0.717, 1.165) is 47.6 Å². The molecule has 0 atom stereocenters. The van der Waals surface area contributed by atoms with E-state index >= 15 is 0 Å². The maximum absolute atomic E-state index is 13.4. The number of para-hydroxylation sites is 1. The molecule has 1 aliphatic heterocycles. The van der Waals surface area contributed by atoms with Gasteiger partial charge in [0.15, 0.2) is 0 Å². The number of tetrazole rings is 1. The molecule has 0 spiro atoms. The molecule has 1 aliphatic rings. The number of nitrogens with zero attached hydrogens (tertiary/aromatic N) is 5. The smallest absolute Gasteiger partial charge is 0.250 e. The summed E-state index contributed by atoms with van der Waals surface area (Å²) in [6.07, 6.45) is 5.02. The summed E-state index contributed by atoms with van der Waals surface area (Å²) < 4.78 is 15.2. The molecule has 2 aromatic heterocycles. The van der Waals surface area contributed by atoms with Gasteiger partial charge in [-0.15, -0.1) is 0 Å². The minimum Gasteiger partial charge on any atom is -0.360 e. The lowest BCUT2D eigenvalue weighted by Gasteiger charge is -2.26. The van der Waals surface area contributed by atoms with Gasteiger partial charge in [-0.1, -0.05) is 29.4 Å². The summed E-state index contributed by atoms with van der Waals surface area (Å²) in [6.45, 7) is 1.53. The van der Waals surface area contributed by atoms with Crippen LogP contribution in [0.4, 0.5) is 10.3 Å². The molecule has 0 saturated heterocycles. The van der Waals surface area contributed by atoms with Gasteiger partial charge in [-0.25, -0.2) is 4.39 Å². The predicted octanol–water partition coefficient (Wildman–Crippen LogP) is 3.58. The Morgan fingerprint density at radius 3 is 2.78 bits per heavy atom. The van der Waals surface area contributed by atoms with Crippen LogP contribution >= 0.6 is 0 Å². The second-order valence-electron chi connectivity index (χ2n) is 6.54. The highest BCUT2D eigenvalue weighted by atomic mass is 19.1. The van der Waals surface area contributed by atoms with Crippen LogP contribution < -0.4 is 4.90 Å². The molecule has 3 heterocycles. The molecular weight excluding hydrogens is 343 g/mol. The predicted molar refractivity (Wildman–Crippen MR) is 102 cm³/mol. The van der Waals surface area contributed by atoms with E-state index in [0.29, 0.717) is 0 Å². The van der Waals surface area contributed by atoms with Crippen molar-refractivity contribution in [2.24, 2.45) is 0 Å². The summed E-state index contributed by atoms with van der Waals surface area (Å²) in [5.74, 6) is 0.505. The third-order valence-corrected chi connectivity index (χ3v) is 4.94.